The second-order valence-electron chi connectivity index (χ2n) is 2.91. The normalized spacial score (nSPS) is 10.0. The van der Waals surface area contributed by atoms with Crippen LogP contribution in [0.2, 0.25) is 0 Å². The highest BCUT2D eigenvalue weighted by Crippen LogP contribution is 2.31. The van der Waals surface area contributed by atoms with Gasteiger partial charge >= 0.3 is 0 Å². The molecule has 0 aromatic heterocycles. The van der Waals surface area contributed by atoms with Gasteiger partial charge in [0.05, 0.1) is 16.1 Å². The van der Waals surface area contributed by atoms with Crippen molar-refractivity contribution in [3.63, 3.8) is 0 Å². The Balaban J connectivity index is 3.56. The summed E-state index contributed by atoms with van der Waals surface area (Å²) in [6, 6.07) is 1.54. The van der Waals surface area contributed by atoms with Crippen molar-refractivity contribution >= 4 is 17.1 Å². The van der Waals surface area contributed by atoms with Crippen LogP contribution in [0.15, 0.2) is 6.07 Å². The number of rotatable bonds is 1. The van der Waals surface area contributed by atoms with Gasteiger partial charge in [0.25, 0.3) is 5.69 Å². The summed E-state index contributed by atoms with van der Waals surface area (Å²) in [6.07, 6.45) is 0. The highest BCUT2D eigenvalue weighted by Gasteiger charge is 2.18. The maximum absolute atomic E-state index is 10.6. The van der Waals surface area contributed by atoms with E-state index in [1.807, 2.05) is 0 Å². The van der Waals surface area contributed by atoms with Gasteiger partial charge in [-0.25, -0.2) is 0 Å². The molecular formula is C8H11N3O2. The van der Waals surface area contributed by atoms with Crippen LogP contribution in [0, 0.1) is 24.0 Å². The van der Waals surface area contributed by atoms with Crippen LogP contribution in [-0.4, -0.2) is 4.92 Å². The first-order chi connectivity index (χ1) is 5.95. The SMILES string of the molecule is Cc1c(N)cc(N)c(C)c1[N+](=O)[O-]. The lowest BCUT2D eigenvalue weighted by Crippen LogP contribution is -2.02. The molecule has 1 rings (SSSR count). The first-order valence-corrected chi connectivity index (χ1v) is 3.74. The zero-order chi connectivity index (χ0) is 10.2. The molecule has 70 valence electrons. The van der Waals surface area contributed by atoms with E-state index in [2.05, 4.69) is 0 Å². The molecule has 1 aromatic rings. The quantitative estimate of drug-likeness (QED) is 0.388. The second kappa shape index (κ2) is 2.93. The smallest absolute Gasteiger partial charge is 0.279 e. The average Bonchev–Trinajstić information content (AvgIpc) is 2.01. The topological polar surface area (TPSA) is 95.2 Å². The molecule has 0 unspecified atom stereocenters. The minimum atomic E-state index is -0.461. The number of hydrogen-bond acceptors (Lipinski definition) is 4. The van der Waals surface area contributed by atoms with Gasteiger partial charge in [-0.3, -0.25) is 10.1 Å². The molecule has 0 aliphatic carbocycles. The van der Waals surface area contributed by atoms with Crippen LogP contribution < -0.4 is 11.5 Å². The number of nitrogens with two attached hydrogens (primary N) is 2. The van der Waals surface area contributed by atoms with Gasteiger partial charge in [-0.05, 0) is 19.9 Å². The highest BCUT2D eigenvalue weighted by atomic mass is 16.6. The van der Waals surface area contributed by atoms with Crippen molar-refractivity contribution in [1.29, 1.82) is 0 Å². The van der Waals surface area contributed by atoms with Gasteiger partial charge in [0, 0.05) is 11.4 Å². The lowest BCUT2D eigenvalue weighted by atomic mass is 10.1. The van der Waals surface area contributed by atoms with Crippen LogP contribution >= 0.6 is 0 Å². The van der Waals surface area contributed by atoms with Gasteiger partial charge < -0.3 is 11.5 Å². The Bertz CT molecular complexity index is 348. The Kier molecular flexibility index (Phi) is 2.10. The predicted octanol–water partition coefficient (Wildman–Crippen LogP) is 1.38. The highest BCUT2D eigenvalue weighted by molar-refractivity contribution is 5.70. The summed E-state index contributed by atoms with van der Waals surface area (Å²) < 4.78 is 0. The van der Waals surface area contributed by atoms with Crippen molar-refractivity contribution in [2.45, 2.75) is 13.8 Å². The van der Waals surface area contributed by atoms with E-state index >= 15 is 0 Å². The van der Waals surface area contributed by atoms with Crippen LogP contribution in [-0.2, 0) is 0 Å². The summed E-state index contributed by atoms with van der Waals surface area (Å²) in [7, 11) is 0. The van der Waals surface area contributed by atoms with Gasteiger partial charge in [0.15, 0.2) is 0 Å². The molecule has 0 saturated carbocycles. The number of hydrogen-bond donors (Lipinski definition) is 2. The fourth-order valence-electron chi connectivity index (χ4n) is 1.21. The van der Waals surface area contributed by atoms with Crippen molar-refractivity contribution in [2.24, 2.45) is 0 Å². The third-order valence-electron chi connectivity index (χ3n) is 2.07. The number of nitrogens with zero attached hydrogens (tertiary/aromatic N) is 1. The van der Waals surface area contributed by atoms with Crippen molar-refractivity contribution < 1.29 is 4.92 Å². The van der Waals surface area contributed by atoms with Crippen LogP contribution in [0.1, 0.15) is 11.1 Å². The summed E-state index contributed by atoms with van der Waals surface area (Å²) in [5.41, 5.74) is 12.7. The second-order valence-corrected chi connectivity index (χ2v) is 2.91. The molecule has 0 saturated heterocycles. The molecule has 0 fully saturated rings. The van der Waals surface area contributed by atoms with Gasteiger partial charge in [-0.2, -0.15) is 0 Å². The molecule has 1 aromatic carbocycles. The lowest BCUT2D eigenvalue weighted by Gasteiger charge is -2.06. The minimum Gasteiger partial charge on any atom is -0.398 e. The Labute approximate surface area is 75.5 Å². The van der Waals surface area contributed by atoms with E-state index in [1.165, 1.54) is 6.07 Å². The molecule has 0 atom stereocenters. The molecular weight excluding hydrogens is 170 g/mol. The molecule has 4 N–H and O–H groups in total. The van der Waals surface area contributed by atoms with E-state index in [0.717, 1.165) is 0 Å². The van der Waals surface area contributed by atoms with Crippen LogP contribution in [0.5, 0.6) is 0 Å². The summed E-state index contributed by atoms with van der Waals surface area (Å²) in [5, 5.41) is 10.6. The third kappa shape index (κ3) is 1.40. The molecule has 0 spiro atoms. The molecule has 0 radical (unpaired) electrons. The molecule has 5 nitrogen and oxygen atoms in total. The Hall–Kier alpha value is -1.78. The van der Waals surface area contributed by atoms with Crippen LogP contribution in [0.3, 0.4) is 0 Å². The molecule has 0 aliphatic heterocycles. The summed E-state index contributed by atoms with van der Waals surface area (Å²) in [5.74, 6) is 0. The van der Waals surface area contributed by atoms with E-state index in [-0.39, 0.29) is 5.69 Å². The zero-order valence-electron chi connectivity index (χ0n) is 7.50. The van der Waals surface area contributed by atoms with Crippen molar-refractivity contribution in [2.75, 3.05) is 11.5 Å². The molecule has 0 amide bonds. The standard InChI is InChI=1S/C8H11N3O2/c1-4-6(9)3-7(10)5(2)8(4)11(12)13/h3H,9-10H2,1-2H3. The summed E-state index contributed by atoms with van der Waals surface area (Å²) in [6.45, 7) is 3.22. The van der Waals surface area contributed by atoms with E-state index in [4.69, 9.17) is 11.5 Å². The first kappa shape index (κ1) is 9.31. The van der Waals surface area contributed by atoms with Gasteiger partial charge in [-0.15, -0.1) is 0 Å². The number of nitro benzene ring substituents is 1. The third-order valence-corrected chi connectivity index (χ3v) is 2.07. The van der Waals surface area contributed by atoms with Gasteiger partial charge in [0.1, 0.15) is 0 Å². The Morgan fingerprint density at radius 1 is 1.23 bits per heavy atom. The van der Waals surface area contributed by atoms with E-state index < -0.39 is 4.92 Å². The van der Waals surface area contributed by atoms with E-state index in [9.17, 15) is 10.1 Å². The fourth-order valence-corrected chi connectivity index (χ4v) is 1.21. The molecule has 0 bridgehead atoms. The molecule has 0 aliphatic rings. The number of benzene rings is 1. The Morgan fingerprint density at radius 2 is 1.62 bits per heavy atom. The van der Waals surface area contributed by atoms with Crippen LogP contribution in [0.25, 0.3) is 0 Å². The monoisotopic (exact) mass is 181 g/mol. The predicted molar refractivity (Wildman–Crippen MR) is 51.4 cm³/mol. The first-order valence-electron chi connectivity index (χ1n) is 3.74. The maximum atomic E-state index is 10.6. The lowest BCUT2D eigenvalue weighted by molar-refractivity contribution is -0.385. The molecule has 5 heteroatoms. The van der Waals surface area contributed by atoms with Crippen molar-refractivity contribution in [3.05, 3.63) is 27.3 Å². The summed E-state index contributed by atoms with van der Waals surface area (Å²) >= 11 is 0. The zero-order valence-corrected chi connectivity index (χ0v) is 7.50. The van der Waals surface area contributed by atoms with Crippen molar-refractivity contribution in [1.82, 2.24) is 0 Å². The molecule has 0 heterocycles. The van der Waals surface area contributed by atoms with Crippen LogP contribution in [0.4, 0.5) is 17.1 Å². The van der Waals surface area contributed by atoms with E-state index in [0.29, 0.717) is 22.5 Å². The summed E-state index contributed by atoms with van der Waals surface area (Å²) in [4.78, 5) is 10.2. The maximum Gasteiger partial charge on any atom is 0.279 e. The average molecular weight is 181 g/mol. The van der Waals surface area contributed by atoms with Gasteiger partial charge in [0.2, 0.25) is 0 Å². The van der Waals surface area contributed by atoms with Crippen molar-refractivity contribution in [3.8, 4) is 0 Å². The number of nitrogen functional groups attached to an aromatic ring is 2. The largest absolute Gasteiger partial charge is 0.398 e. The number of anilines is 2. The minimum absolute atomic E-state index is 0.0116. The number of nitro groups is 1. The fraction of sp³-hybridized carbons (Fsp3) is 0.250. The van der Waals surface area contributed by atoms with Gasteiger partial charge in [-0.1, -0.05) is 0 Å². The molecule has 13 heavy (non-hydrogen) atoms. The van der Waals surface area contributed by atoms with E-state index in [1.54, 1.807) is 13.8 Å². The Morgan fingerprint density at radius 3 is 1.92 bits per heavy atom.